The summed E-state index contributed by atoms with van der Waals surface area (Å²) < 4.78 is 1.53. The first kappa shape index (κ1) is 21.5. The molecule has 166 valence electrons. The fraction of sp³-hybridized carbons (Fsp3) is 0.304. The molecule has 1 aliphatic rings. The van der Waals surface area contributed by atoms with Gasteiger partial charge in [-0.1, -0.05) is 30.3 Å². The number of anilines is 2. The first-order chi connectivity index (χ1) is 15.5. The Bertz CT molecular complexity index is 1210. The van der Waals surface area contributed by atoms with E-state index < -0.39 is 6.04 Å². The van der Waals surface area contributed by atoms with Crippen molar-refractivity contribution in [2.75, 3.05) is 11.1 Å². The van der Waals surface area contributed by atoms with Gasteiger partial charge in [-0.3, -0.25) is 14.2 Å². The second kappa shape index (κ2) is 9.19. The van der Waals surface area contributed by atoms with Gasteiger partial charge in [-0.05, 0) is 42.5 Å². The number of amides is 1. The number of hydrogen-bond donors (Lipinski definition) is 4. The second-order valence-corrected chi connectivity index (χ2v) is 7.86. The summed E-state index contributed by atoms with van der Waals surface area (Å²) in [4.78, 5) is 34.4. The number of rotatable bonds is 7. The minimum atomic E-state index is -0.583. The predicted octanol–water partition coefficient (Wildman–Crippen LogP) is 1.44. The van der Waals surface area contributed by atoms with Gasteiger partial charge in [-0.25, -0.2) is 9.97 Å². The molecule has 3 heterocycles. The van der Waals surface area contributed by atoms with Crippen molar-refractivity contribution < 1.29 is 9.90 Å². The lowest BCUT2D eigenvalue weighted by molar-refractivity contribution is -0.124. The number of aromatic nitrogens is 3. The maximum Gasteiger partial charge on any atom is 0.294 e. The molecule has 1 aliphatic heterocycles. The molecule has 0 fully saturated rings. The molecule has 0 radical (unpaired) electrons. The number of carbonyl (C=O) groups excluding carboxylic acids is 1. The van der Waals surface area contributed by atoms with E-state index in [9.17, 15) is 14.7 Å². The van der Waals surface area contributed by atoms with Crippen LogP contribution in [0.1, 0.15) is 40.5 Å². The van der Waals surface area contributed by atoms with Crippen LogP contribution in [0.4, 0.5) is 11.6 Å². The lowest BCUT2D eigenvalue weighted by Crippen LogP contribution is -2.36. The molecule has 0 bridgehead atoms. The minimum absolute atomic E-state index is 0.0453. The average Bonchev–Trinajstić information content (AvgIpc) is 3.23. The highest BCUT2D eigenvalue weighted by molar-refractivity contribution is 5.81. The zero-order valence-corrected chi connectivity index (χ0v) is 17.8. The summed E-state index contributed by atoms with van der Waals surface area (Å²) in [6, 6.07) is 10.4. The highest BCUT2D eigenvalue weighted by Gasteiger charge is 2.30. The molecule has 3 aromatic rings. The predicted molar refractivity (Wildman–Crippen MR) is 121 cm³/mol. The zero-order chi connectivity index (χ0) is 22.7. The molecule has 0 unspecified atom stereocenters. The van der Waals surface area contributed by atoms with Gasteiger partial charge in [0, 0.05) is 30.7 Å². The Labute approximate surface area is 185 Å². The molecule has 1 atom stereocenters. The topological polar surface area (TPSA) is 135 Å². The van der Waals surface area contributed by atoms with Crippen LogP contribution >= 0.6 is 0 Å². The van der Waals surface area contributed by atoms with E-state index in [1.165, 1.54) is 4.57 Å². The van der Waals surface area contributed by atoms with Gasteiger partial charge in [0.25, 0.3) is 5.56 Å². The highest BCUT2D eigenvalue weighted by Crippen LogP contribution is 2.24. The van der Waals surface area contributed by atoms with Gasteiger partial charge >= 0.3 is 0 Å². The summed E-state index contributed by atoms with van der Waals surface area (Å²) in [5.41, 5.74) is 9.46. The van der Waals surface area contributed by atoms with Crippen LogP contribution in [-0.4, -0.2) is 25.5 Å². The number of carbonyl (C=O) groups is 1. The number of nitrogens with two attached hydrogens (primary N) is 1. The average molecular weight is 435 g/mol. The van der Waals surface area contributed by atoms with E-state index >= 15 is 0 Å². The van der Waals surface area contributed by atoms with Gasteiger partial charge < -0.3 is 21.5 Å². The Morgan fingerprint density at radius 1 is 1.25 bits per heavy atom. The summed E-state index contributed by atoms with van der Waals surface area (Å²) in [5.74, 6) is 0.417. The van der Waals surface area contributed by atoms with Gasteiger partial charge in [0.1, 0.15) is 11.9 Å². The molecule has 2 aromatic heterocycles. The lowest BCUT2D eigenvalue weighted by Gasteiger charge is -2.16. The normalized spacial score (nSPS) is 14.8. The van der Waals surface area contributed by atoms with Gasteiger partial charge in [0.15, 0.2) is 5.82 Å². The largest absolute Gasteiger partial charge is 0.392 e. The van der Waals surface area contributed by atoms with Crippen molar-refractivity contribution in [3.8, 4) is 0 Å². The molecule has 0 aliphatic carbocycles. The molecule has 0 saturated carbocycles. The summed E-state index contributed by atoms with van der Waals surface area (Å²) in [5, 5.41) is 15.3. The molecule has 9 heteroatoms. The molecule has 9 nitrogen and oxygen atoms in total. The van der Waals surface area contributed by atoms with Crippen molar-refractivity contribution in [3.05, 3.63) is 81.0 Å². The van der Waals surface area contributed by atoms with Crippen LogP contribution in [0.15, 0.2) is 47.4 Å². The van der Waals surface area contributed by atoms with Crippen LogP contribution < -0.4 is 21.9 Å². The van der Waals surface area contributed by atoms with Crippen LogP contribution in [-0.2, 0) is 30.9 Å². The minimum Gasteiger partial charge on any atom is -0.392 e. The fourth-order valence-corrected chi connectivity index (χ4v) is 3.93. The first-order valence-corrected chi connectivity index (χ1v) is 10.5. The van der Waals surface area contributed by atoms with Crippen LogP contribution in [0.5, 0.6) is 0 Å². The van der Waals surface area contributed by atoms with Crippen LogP contribution in [0, 0.1) is 6.92 Å². The quantitative estimate of drug-likeness (QED) is 0.442. The van der Waals surface area contributed by atoms with Gasteiger partial charge in [-0.2, -0.15) is 0 Å². The number of nitrogens with zero attached hydrogens (tertiary/aromatic N) is 3. The summed E-state index contributed by atoms with van der Waals surface area (Å²) in [6.45, 7) is 2.50. The Balaban J connectivity index is 1.47. The maximum atomic E-state index is 13.1. The summed E-state index contributed by atoms with van der Waals surface area (Å²) >= 11 is 0. The van der Waals surface area contributed by atoms with E-state index in [4.69, 9.17) is 5.73 Å². The number of benzene rings is 1. The molecular weight excluding hydrogens is 408 g/mol. The third-order valence-corrected chi connectivity index (χ3v) is 5.67. The number of nitrogens with one attached hydrogen (secondary N) is 2. The number of aliphatic hydroxyl groups excluding tert-OH is 1. The van der Waals surface area contributed by atoms with E-state index in [0.717, 1.165) is 28.1 Å². The van der Waals surface area contributed by atoms with E-state index in [-0.39, 0.29) is 23.9 Å². The van der Waals surface area contributed by atoms with Crippen molar-refractivity contribution in [1.29, 1.82) is 0 Å². The highest BCUT2D eigenvalue weighted by atomic mass is 16.3. The Kier molecular flexibility index (Phi) is 6.18. The van der Waals surface area contributed by atoms with Crippen molar-refractivity contribution >= 4 is 17.5 Å². The molecule has 4 rings (SSSR count). The second-order valence-electron chi connectivity index (χ2n) is 7.86. The van der Waals surface area contributed by atoms with E-state index in [2.05, 4.69) is 20.6 Å². The first-order valence-electron chi connectivity index (χ1n) is 10.5. The third kappa shape index (κ3) is 4.47. The van der Waals surface area contributed by atoms with Crippen LogP contribution in [0.2, 0.25) is 0 Å². The molecule has 0 spiro atoms. The zero-order valence-electron chi connectivity index (χ0n) is 17.8. The number of aryl methyl sites for hydroxylation is 2. The summed E-state index contributed by atoms with van der Waals surface area (Å²) in [7, 11) is 0. The van der Waals surface area contributed by atoms with Crippen LogP contribution in [0.25, 0.3) is 0 Å². The van der Waals surface area contributed by atoms with E-state index in [1.54, 1.807) is 12.3 Å². The molecule has 5 N–H and O–H groups in total. The number of pyridine rings is 1. The van der Waals surface area contributed by atoms with Gasteiger partial charge in [-0.15, -0.1) is 0 Å². The Hall–Kier alpha value is -3.72. The number of hydrogen-bond acceptors (Lipinski definition) is 7. The Morgan fingerprint density at radius 2 is 2.06 bits per heavy atom. The number of aliphatic hydroxyl groups is 1. The molecule has 1 aromatic carbocycles. The van der Waals surface area contributed by atoms with E-state index in [0.29, 0.717) is 31.7 Å². The van der Waals surface area contributed by atoms with Crippen molar-refractivity contribution in [3.63, 3.8) is 0 Å². The molecule has 32 heavy (non-hydrogen) atoms. The fourth-order valence-electron chi connectivity index (χ4n) is 3.93. The lowest BCUT2D eigenvalue weighted by atomic mass is 10.1. The van der Waals surface area contributed by atoms with Crippen molar-refractivity contribution in [1.82, 2.24) is 19.9 Å². The van der Waals surface area contributed by atoms with Crippen molar-refractivity contribution in [2.24, 2.45) is 0 Å². The number of nitrogen functional groups attached to an aromatic ring is 1. The van der Waals surface area contributed by atoms with Crippen molar-refractivity contribution in [2.45, 2.75) is 45.5 Å². The molecule has 0 saturated heterocycles. The summed E-state index contributed by atoms with van der Waals surface area (Å²) in [6.07, 6.45) is 2.81. The molecular formula is C23H26N6O3. The molecule has 1 amide bonds. The maximum absolute atomic E-state index is 13.1. The Morgan fingerprint density at radius 3 is 2.84 bits per heavy atom. The number of fused-ring (bicyclic) bond motifs is 1. The van der Waals surface area contributed by atoms with Gasteiger partial charge in [0.05, 0.1) is 6.61 Å². The SMILES string of the molecule is Cc1nc(N)ccc1CNC(=O)[C@@H]1CCc2cnc(NCc3cccc(CO)c3)c(=O)n21. The smallest absolute Gasteiger partial charge is 0.294 e. The standard InChI is InChI=1S/C23H26N6O3/c1-14-17(5-8-20(24)28-14)11-27-22(31)19-7-6-18-12-26-21(23(32)29(18)19)25-10-15-3-2-4-16(9-15)13-30/h2-5,8-9,12,19,30H,6-7,10-11,13H2,1H3,(H2,24,28)(H,25,26)(H,27,31)/t19-/m0/s1. The monoisotopic (exact) mass is 434 g/mol. The third-order valence-electron chi connectivity index (χ3n) is 5.67. The van der Waals surface area contributed by atoms with Gasteiger partial charge in [0.2, 0.25) is 5.91 Å². The van der Waals surface area contributed by atoms with Crippen LogP contribution in [0.3, 0.4) is 0 Å². The van der Waals surface area contributed by atoms with E-state index in [1.807, 2.05) is 37.3 Å².